The maximum atomic E-state index is 11.9. The van der Waals surface area contributed by atoms with Crippen molar-refractivity contribution in [2.24, 2.45) is 3.96 Å². The maximum absolute atomic E-state index is 11.9. The van der Waals surface area contributed by atoms with Gasteiger partial charge in [0, 0.05) is 23.4 Å². The number of Topliss-reactive ketones (excluding diaryl/α,β-unsaturated/α-hetero) is 1. The number of benzene rings is 4. The summed E-state index contributed by atoms with van der Waals surface area (Å²) < 4.78 is 4.14. The molecule has 0 aliphatic heterocycles. The Bertz CT molecular complexity index is 1800. The molecule has 0 radical (unpaired) electrons. The molecule has 40 heavy (non-hydrogen) atoms. The van der Waals surface area contributed by atoms with Gasteiger partial charge in [0.15, 0.2) is 5.78 Å². The zero-order valence-electron chi connectivity index (χ0n) is 22.5. The van der Waals surface area contributed by atoms with Gasteiger partial charge >= 0.3 is 133 Å². The minimum atomic E-state index is 0.0948. The molecule has 198 valence electrons. The Morgan fingerprint density at radius 1 is 0.750 bits per heavy atom. The molecule has 6 aromatic rings. The number of rotatable bonds is 6. The number of ketones is 1. The number of nitrogens with zero attached hydrogens (tertiary/aromatic N) is 3. The van der Waals surface area contributed by atoms with Gasteiger partial charge < -0.3 is 0 Å². The molecule has 4 aromatic carbocycles. The second kappa shape index (κ2) is 12.7. The van der Waals surface area contributed by atoms with E-state index in [0.29, 0.717) is 12.1 Å². The van der Waals surface area contributed by atoms with E-state index >= 15 is 0 Å². The van der Waals surface area contributed by atoms with E-state index in [1.54, 1.807) is 12.3 Å². The summed E-state index contributed by atoms with van der Waals surface area (Å²) in [4.78, 5) is 20.8. The van der Waals surface area contributed by atoms with Crippen LogP contribution in [0.1, 0.15) is 35.8 Å². The van der Waals surface area contributed by atoms with E-state index in [1.165, 1.54) is 22.3 Å². The normalized spacial score (nSPS) is 10.7. The quantitative estimate of drug-likeness (QED) is 0.115. The molecule has 2 aromatic heterocycles. The van der Waals surface area contributed by atoms with E-state index in [1.807, 2.05) is 55.5 Å². The van der Waals surface area contributed by atoms with Crippen molar-refractivity contribution in [2.45, 2.75) is 26.7 Å². The minimum absolute atomic E-state index is 0.0948. The van der Waals surface area contributed by atoms with Crippen LogP contribution in [0.15, 0.2) is 119 Å². The summed E-state index contributed by atoms with van der Waals surface area (Å²) in [5.74, 6) is 0.0948. The van der Waals surface area contributed by atoms with Gasteiger partial charge in [-0.1, -0.05) is 31.2 Å². The molecule has 4 nitrogen and oxygen atoms in total. The fourth-order valence-electron chi connectivity index (χ4n) is 4.86. The first-order valence-corrected chi connectivity index (χ1v) is 13.8. The van der Waals surface area contributed by atoms with Gasteiger partial charge in [-0.15, -0.1) is 0 Å². The Hall–Kier alpha value is -4.31. The Labute approximate surface area is 242 Å². The van der Waals surface area contributed by atoms with Crippen molar-refractivity contribution in [3.63, 3.8) is 0 Å². The molecule has 0 bridgehead atoms. The topological polar surface area (TPSA) is 55.2 Å². The molecule has 0 aliphatic rings. The number of fused-ring (bicyclic) bond motifs is 3. The molecule has 0 atom stereocenters. The zero-order chi connectivity index (χ0) is 27.9. The Morgan fingerprint density at radius 3 is 2.08 bits per heavy atom. The summed E-state index contributed by atoms with van der Waals surface area (Å²) in [7, 11) is 0. The monoisotopic (exact) mass is 563 g/mol. The van der Waals surface area contributed by atoms with Crippen LogP contribution in [0.3, 0.4) is 0 Å². The molecule has 0 saturated carbocycles. The van der Waals surface area contributed by atoms with Crippen molar-refractivity contribution in [2.75, 3.05) is 0 Å². The van der Waals surface area contributed by atoms with Gasteiger partial charge in [-0.2, -0.15) is 0 Å². The van der Waals surface area contributed by atoms with Gasteiger partial charge in [-0.05, 0) is 18.6 Å². The average molecular weight is 563 g/mol. The molecule has 0 saturated heterocycles. The molecule has 6 rings (SSSR count). The summed E-state index contributed by atoms with van der Waals surface area (Å²) in [6.07, 6.45) is 3.13. The van der Waals surface area contributed by atoms with E-state index in [-0.39, 0.29) is 5.78 Å². The summed E-state index contributed by atoms with van der Waals surface area (Å²) >= 11 is 3.68. The summed E-state index contributed by atoms with van der Waals surface area (Å²) in [6.45, 7) is 4.11. The predicted octanol–water partition coefficient (Wildman–Crippen LogP) is 9.46. The molecule has 0 spiro atoms. The first kappa shape index (κ1) is 27.3. The van der Waals surface area contributed by atoms with Crippen LogP contribution in [0.5, 0.6) is 0 Å². The Kier molecular flexibility index (Phi) is 8.65. The summed E-state index contributed by atoms with van der Waals surface area (Å²) in [6, 6.07) is 36.8. The second-order valence-corrected chi connectivity index (χ2v) is 9.77. The second-order valence-electron chi connectivity index (χ2n) is 9.53. The molecule has 0 unspecified atom stereocenters. The van der Waals surface area contributed by atoms with Crippen LogP contribution in [0.4, 0.5) is 5.69 Å². The SMILES string of the molecule is CCCC(=O)c1ccc2ccc3cccnc3c2n1.Cc1c([N]=[Fe])ccc(-c2ccccc2)c1-c1ccccc1. The Balaban J connectivity index is 0.000000162. The fraction of sp³-hybridized carbons (Fsp3) is 0.114. The standard InChI is InChI=1S/C19H15N.C16H14N2O.Fe/c1-14-18(20)13-12-17(15-8-4-2-5-9-15)19(14)16-10-6-3-7-11-16;1-2-4-14(19)13-9-8-12-7-6-11-5-3-10-17-15(11)16(12)18-13;/h2-13H,1H3;3,5-10H,2,4H2,1H3;. The van der Waals surface area contributed by atoms with Crippen molar-refractivity contribution >= 4 is 33.3 Å². The van der Waals surface area contributed by atoms with Crippen LogP contribution in [-0.2, 0) is 15.8 Å². The molecule has 2 heterocycles. The van der Waals surface area contributed by atoms with E-state index in [0.717, 1.165) is 39.5 Å². The van der Waals surface area contributed by atoms with Gasteiger partial charge in [0.1, 0.15) is 5.69 Å². The van der Waals surface area contributed by atoms with E-state index < -0.39 is 0 Å². The van der Waals surface area contributed by atoms with Crippen molar-refractivity contribution in [1.82, 2.24) is 9.97 Å². The number of carbonyl (C=O) groups excluding carboxylic acids is 1. The molecular weight excluding hydrogens is 534 g/mol. The van der Waals surface area contributed by atoms with Crippen molar-refractivity contribution < 1.29 is 20.6 Å². The van der Waals surface area contributed by atoms with Crippen LogP contribution < -0.4 is 0 Å². The average Bonchev–Trinajstić information content (AvgIpc) is 3.02. The third-order valence-electron chi connectivity index (χ3n) is 6.86. The van der Waals surface area contributed by atoms with E-state index in [4.69, 9.17) is 0 Å². The zero-order valence-corrected chi connectivity index (χ0v) is 23.6. The molecule has 0 aliphatic carbocycles. The first-order valence-electron chi connectivity index (χ1n) is 13.3. The van der Waals surface area contributed by atoms with E-state index in [9.17, 15) is 4.79 Å². The van der Waals surface area contributed by atoms with Crippen LogP contribution in [0, 0.1) is 6.92 Å². The fourth-order valence-corrected chi connectivity index (χ4v) is 5.12. The van der Waals surface area contributed by atoms with Crippen molar-refractivity contribution in [3.05, 3.63) is 127 Å². The number of hydrogen-bond donors (Lipinski definition) is 0. The van der Waals surface area contributed by atoms with Gasteiger partial charge in [-0.25, -0.2) is 4.98 Å². The van der Waals surface area contributed by atoms with Crippen LogP contribution in [-0.4, -0.2) is 15.8 Å². The van der Waals surface area contributed by atoms with Gasteiger partial charge in [0.05, 0.1) is 11.0 Å². The number of carbonyl (C=O) groups is 1. The third kappa shape index (κ3) is 5.81. The number of hydrogen-bond acceptors (Lipinski definition) is 4. The van der Waals surface area contributed by atoms with Gasteiger partial charge in [0.25, 0.3) is 0 Å². The summed E-state index contributed by atoms with van der Waals surface area (Å²) in [5.41, 5.74) is 9.18. The van der Waals surface area contributed by atoms with Crippen molar-refractivity contribution in [3.8, 4) is 22.3 Å². The molecular formula is C35H29FeN3O. The Morgan fingerprint density at radius 2 is 1.40 bits per heavy atom. The summed E-state index contributed by atoms with van der Waals surface area (Å²) in [5, 5.41) is 2.06. The van der Waals surface area contributed by atoms with Crippen LogP contribution >= 0.6 is 0 Å². The van der Waals surface area contributed by atoms with Crippen LogP contribution in [0.2, 0.25) is 0 Å². The van der Waals surface area contributed by atoms with E-state index in [2.05, 4.69) is 91.3 Å². The number of aromatic nitrogens is 2. The first-order chi connectivity index (χ1) is 19.6. The molecule has 0 amide bonds. The van der Waals surface area contributed by atoms with Crippen molar-refractivity contribution in [1.29, 1.82) is 0 Å². The molecule has 5 heteroatoms. The predicted molar refractivity (Wildman–Crippen MR) is 160 cm³/mol. The number of pyridine rings is 2. The third-order valence-corrected chi connectivity index (χ3v) is 7.13. The van der Waals surface area contributed by atoms with Crippen LogP contribution in [0.25, 0.3) is 44.1 Å². The molecule has 0 N–H and O–H groups in total. The molecule has 0 fully saturated rings. The van der Waals surface area contributed by atoms with Gasteiger partial charge in [0.2, 0.25) is 0 Å². The van der Waals surface area contributed by atoms with Gasteiger partial charge in [-0.3, -0.25) is 9.78 Å².